The van der Waals surface area contributed by atoms with Crippen molar-refractivity contribution >= 4 is 21.8 Å². The number of piperidine rings is 1. The lowest BCUT2D eigenvalue weighted by molar-refractivity contribution is -0.126. The van der Waals surface area contributed by atoms with E-state index in [0.717, 1.165) is 5.56 Å². The Balaban J connectivity index is 1.34. The molecule has 0 aromatic heterocycles. The van der Waals surface area contributed by atoms with E-state index in [-0.39, 0.29) is 22.6 Å². The van der Waals surface area contributed by atoms with Gasteiger partial charge in [0, 0.05) is 44.2 Å². The van der Waals surface area contributed by atoms with Crippen molar-refractivity contribution in [3.8, 4) is 0 Å². The number of amides is 2. The van der Waals surface area contributed by atoms with E-state index < -0.39 is 10.0 Å². The zero-order valence-corrected chi connectivity index (χ0v) is 19.3. The van der Waals surface area contributed by atoms with Crippen LogP contribution in [0.1, 0.15) is 28.8 Å². The highest BCUT2D eigenvalue weighted by molar-refractivity contribution is 7.89. The average Bonchev–Trinajstić information content (AvgIpc) is 2.88. The molecule has 176 valence electrons. The molecule has 2 aliphatic heterocycles. The standard InChI is InChI=1S/C24H29N3O5S/c28-23(25-18-19-5-2-1-3-6-19)20-9-11-26(12-10-20)24(29)21-7-4-8-22(17-21)33(30,31)27-13-15-32-16-14-27/h1-8,17,20H,9-16,18H2,(H,25,28). The van der Waals surface area contributed by atoms with Crippen molar-refractivity contribution in [2.24, 2.45) is 5.92 Å². The van der Waals surface area contributed by atoms with Crippen molar-refractivity contribution in [1.29, 1.82) is 0 Å². The fourth-order valence-electron chi connectivity index (χ4n) is 4.18. The highest BCUT2D eigenvalue weighted by Crippen LogP contribution is 2.22. The van der Waals surface area contributed by atoms with Crippen molar-refractivity contribution in [2.75, 3.05) is 39.4 Å². The number of morpholine rings is 1. The smallest absolute Gasteiger partial charge is 0.253 e. The van der Waals surface area contributed by atoms with Gasteiger partial charge in [-0.15, -0.1) is 0 Å². The Morgan fingerprint density at radius 3 is 2.33 bits per heavy atom. The van der Waals surface area contributed by atoms with E-state index in [0.29, 0.717) is 64.3 Å². The fourth-order valence-corrected chi connectivity index (χ4v) is 5.64. The van der Waals surface area contributed by atoms with E-state index in [4.69, 9.17) is 4.74 Å². The molecule has 2 saturated heterocycles. The van der Waals surface area contributed by atoms with Gasteiger partial charge in [0.05, 0.1) is 18.1 Å². The van der Waals surface area contributed by atoms with Crippen LogP contribution in [-0.2, 0) is 26.1 Å². The number of nitrogens with one attached hydrogen (secondary N) is 1. The lowest BCUT2D eigenvalue weighted by Gasteiger charge is -2.31. The largest absolute Gasteiger partial charge is 0.379 e. The summed E-state index contributed by atoms with van der Waals surface area (Å²) in [5, 5.41) is 2.98. The Hall–Kier alpha value is -2.75. The predicted octanol–water partition coefficient (Wildman–Crippen LogP) is 1.88. The van der Waals surface area contributed by atoms with E-state index in [1.807, 2.05) is 30.3 Å². The molecule has 0 aliphatic carbocycles. The lowest BCUT2D eigenvalue weighted by Crippen LogP contribution is -2.43. The van der Waals surface area contributed by atoms with E-state index in [2.05, 4.69) is 5.32 Å². The zero-order valence-electron chi connectivity index (χ0n) is 18.5. The Kier molecular flexibility index (Phi) is 7.42. The van der Waals surface area contributed by atoms with Gasteiger partial charge in [-0.25, -0.2) is 8.42 Å². The summed E-state index contributed by atoms with van der Waals surface area (Å²) in [4.78, 5) is 27.4. The van der Waals surface area contributed by atoms with Crippen molar-refractivity contribution in [2.45, 2.75) is 24.3 Å². The summed E-state index contributed by atoms with van der Waals surface area (Å²) in [6.07, 6.45) is 1.16. The molecule has 0 saturated carbocycles. The van der Waals surface area contributed by atoms with Gasteiger partial charge in [0.1, 0.15) is 0 Å². The maximum Gasteiger partial charge on any atom is 0.253 e. The van der Waals surface area contributed by atoms with Crippen LogP contribution in [0.2, 0.25) is 0 Å². The molecule has 2 aromatic rings. The van der Waals surface area contributed by atoms with Gasteiger partial charge in [-0.2, -0.15) is 4.31 Å². The molecular weight excluding hydrogens is 442 g/mol. The molecule has 0 bridgehead atoms. The monoisotopic (exact) mass is 471 g/mol. The van der Waals surface area contributed by atoms with Gasteiger partial charge >= 0.3 is 0 Å². The van der Waals surface area contributed by atoms with Crippen molar-refractivity contribution in [3.63, 3.8) is 0 Å². The number of carbonyl (C=O) groups excluding carboxylic acids is 2. The van der Waals surface area contributed by atoms with Gasteiger partial charge in [0.15, 0.2) is 0 Å². The average molecular weight is 472 g/mol. The van der Waals surface area contributed by atoms with Crippen LogP contribution in [0.3, 0.4) is 0 Å². The van der Waals surface area contributed by atoms with Crippen LogP contribution in [0, 0.1) is 5.92 Å². The molecule has 4 rings (SSSR count). The number of ether oxygens (including phenoxy) is 1. The number of sulfonamides is 1. The number of nitrogens with zero attached hydrogens (tertiary/aromatic N) is 2. The quantitative estimate of drug-likeness (QED) is 0.694. The second kappa shape index (κ2) is 10.5. The number of likely N-dealkylation sites (tertiary alicyclic amines) is 1. The number of carbonyl (C=O) groups is 2. The van der Waals surface area contributed by atoms with Crippen molar-refractivity contribution in [1.82, 2.24) is 14.5 Å². The Labute approximate surface area is 194 Å². The Bertz CT molecular complexity index is 1080. The van der Waals surface area contributed by atoms with Gasteiger partial charge in [0.25, 0.3) is 5.91 Å². The molecule has 2 amide bonds. The van der Waals surface area contributed by atoms with Crippen LogP contribution in [0.5, 0.6) is 0 Å². The van der Waals surface area contributed by atoms with Crippen LogP contribution in [0.4, 0.5) is 0 Å². The highest BCUT2D eigenvalue weighted by Gasteiger charge is 2.30. The van der Waals surface area contributed by atoms with Gasteiger partial charge in [0.2, 0.25) is 15.9 Å². The normalized spacial score (nSPS) is 18.1. The summed E-state index contributed by atoms with van der Waals surface area (Å²) < 4.78 is 32.5. The summed E-state index contributed by atoms with van der Waals surface area (Å²) in [5.41, 5.74) is 1.39. The third-order valence-corrected chi connectivity index (χ3v) is 8.05. The third-order valence-electron chi connectivity index (χ3n) is 6.15. The lowest BCUT2D eigenvalue weighted by atomic mass is 9.95. The van der Waals surface area contributed by atoms with Crippen molar-refractivity contribution < 1.29 is 22.7 Å². The molecule has 9 heteroatoms. The topological polar surface area (TPSA) is 96.0 Å². The first-order chi connectivity index (χ1) is 15.9. The minimum absolute atomic E-state index is 0.00422. The molecule has 0 radical (unpaired) electrons. The molecule has 0 unspecified atom stereocenters. The third kappa shape index (κ3) is 5.61. The van der Waals surface area contributed by atoms with Crippen LogP contribution in [0.25, 0.3) is 0 Å². The number of hydrogen-bond donors (Lipinski definition) is 1. The molecule has 8 nitrogen and oxygen atoms in total. The van der Waals surface area contributed by atoms with Crippen LogP contribution in [0.15, 0.2) is 59.5 Å². The summed E-state index contributed by atoms with van der Waals surface area (Å²) in [7, 11) is -3.67. The summed E-state index contributed by atoms with van der Waals surface area (Å²) in [5.74, 6) is -0.340. The number of hydrogen-bond acceptors (Lipinski definition) is 5. The molecule has 2 fully saturated rings. The highest BCUT2D eigenvalue weighted by atomic mass is 32.2. The van der Waals surface area contributed by atoms with E-state index in [9.17, 15) is 18.0 Å². The molecular formula is C24H29N3O5S. The van der Waals surface area contributed by atoms with Gasteiger partial charge in [-0.1, -0.05) is 36.4 Å². The van der Waals surface area contributed by atoms with Gasteiger partial charge < -0.3 is 15.0 Å². The first-order valence-corrected chi connectivity index (χ1v) is 12.7. The first-order valence-electron chi connectivity index (χ1n) is 11.2. The summed E-state index contributed by atoms with van der Waals surface area (Å²) in [6, 6.07) is 16.0. The minimum atomic E-state index is -3.67. The fraction of sp³-hybridized carbons (Fsp3) is 0.417. The maximum atomic E-state index is 13.0. The molecule has 2 heterocycles. The number of benzene rings is 2. The SMILES string of the molecule is O=C(NCc1ccccc1)C1CCN(C(=O)c2cccc(S(=O)(=O)N3CCOCC3)c2)CC1. The zero-order chi connectivity index (χ0) is 23.3. The van der Waals surface area contributed by atoms with E-state index in [1.165, 1.54) is 16.4 Å². The molecule has 0 atom stereocenters. The molecule has 33 heavy (non-hydrogen) atoms. The van der Waals surface area contributed by atoms with Crippen LogP contribution in [-0.4, -0.2) is 68.8 Å². The van der Waals surface area contributed by atoms with Crippen LogP contribution >= 0.6 is 0 Å². The molecule has 2 aromatic carbocycles. The maximum absolute atomic E-state index is 13.0. The second-order valence-electron chi connectivity index (χ2n) is 8.31. The molecule has 0 spiro atoms. The predicted molar refractivity (Wildman–Crippen MR) is 123 cm³/mol. The minimum Gasteiger partial charge on any atom is -0.379 e. The summed E-state index contributed by atoms with van der Waals surface area (Å²) in [6.45, 7) is 2.76. The Morgan fingerprint density at radius 2 is 1.64 bits per heavy atom. The number of rotatable bonds is 6. The Morgan fingerprint density at radius 1 is 0.939 bits per heavy atom. The molecule has 2 aliphatic rings. The summed E-state index contributed by atoms with van der Waals surface area (Å²) >= 11 is 0. The second-order valence-corrected chi connectivity index (χ2v) is 10.3. The first kappa shape index (κ1) is 23.4. The van der Waals surface area contributed by atoms with Crippen LogP contribution < -0.4 is 5.32 Å². The van der Waals surface area contributed by atoms with E-state index >= 15 is 0 Å². The van der Waals surface area contributed by atoms with Crippen molar-refractivity contribution in [3.05, 3.63) is 65.7 Å². The van der Waals surface area contributed by atoms with Gasteiger partial charge in [-0.3, -0.25) is 9.59 Å². The van der Waals surface area contributed by atoms with E-state index in [1.54, 1.807) is 17.0 Å². The molecule has 1 N–H and O–H groups in total. The van der Waals surface area contributed by atoms with Gasteiger partial charge in [-0.05, 0) is 36.6 Å².